The fourth-order valence-electron chi connectivity index (χ4n) is 2.06. The second kappa shape index (κ2) is 8.41. The SMILES string of the molecule is COc1ccc(C[NH2+]CCNC(=O)c2cccs2)cc1OC. The number of methoxy groups -OCH3 is 2. The van der Waals surface area contributed by atoms with Gasteiger partial charge in [0.1, 0.15) is 6.54 Å². The number of ether oxygens (including phenoxy) is 2. The lowest BCUT2D eigenvalue weighted by Gasteiger charge is -2.09. The molecule has 0 saturated heterocycles. The minimum atomic E-state index is -0.00508. The van der Waals surface area contributed by atoms with Gasteiger partial charge in [-0.05, 0) is 29.6 Å². The summed E-state index contributed by atoms with van der Waals surface area (Å²) in [6.45, 7) is 2.30. The van der Waals surface area contributed by atoms with Crippen LogP contribution in [-0.2, 0) is 6.54 Å². The van der Waals surface area contributed by atoms with Crippen molar-refractivity contribution >= 4 is 17.2 Å². The molecule has 0 bridgehead atoms. The van der Waals surface area contributed by atoms with Gasteiger partial charge in [-0.1, -0.05) is 6.07 Å². The molecule has 0 radical (unpaired) electrons. The highest BCUT2D eigenvalue weighted by Gasteiger charge is 2.07. The van der Waals surface area contributed by atoms with Crippen LogP contribution >= 0.6 is 11.3 Å². The van der Waals surface area contributed by atoms with Crippen LogP contribution in [0.1, 0.15) is 15.2 Å². The number of quaternary nitrogens is 1. The fourth-order valence-corrected chi connectivity index (χ4v) is 2.70. The van der Waals surface area contributed by atoms with E-state index in [1.165, 1.54) is 11.3 Å². The Morgan fingerprint density at radius 1 is 1.23 bits per heavy atom. The number of nitrogens with one attached hydrogen (secondary N) is 1. The minimum Gasteiger partial charge on any atom is -0.493 e. The van der Waals surface area contributed by atoms with Crippen LogP contribution in [0.2, 0.25) is 0 Å². The van der Waals surface area contributed by atoms with E-state index in [-0.39, 0.29) is 5.91 Å². The first-order valence-corrected chi connectivity index (χ1v) is 7.97. The molecule has 1 aromatic heterocycles. The second-order valence-corrected chi connectivity index (χ2v) is 5.65. The summed E-state index contributed by atoms with van der Waals surface area (Å²) in [6, 6.07) is 9.60. The molecule has 6 heteroatoms. The van der Waals surface area contributed by atoms with Gasteiger partial charge in [-0.15, -0.1) is 11.3 Å². The van der Waals surface area contributed by atoms with Crippen LogP contribution in [0.15, 0.2) is 35.7 Å². The molecule has 118 valence electrons. The molecule has 2 rings (SSSR count). The fraction of sp³-hybridized carbons (Fsp3) is 0.312. The van der Waals surface area contributed by atoms with Crippen LogP contribution in [0, 0.1) is 0 Å². The summed E-state index contributed by atoms with van der Waals surface area (Å²) in [5.41, 5.74) is 1.15. The second-order valence-electron chi connectivity index (χ2n) is 4.70. The number of benzene rings is 1. The number of nitrogens with two attached hydrogens (primary N) is 1. The van der Waals surface area contributed by atoms with Gasteiger partial charge in [0.2, 0.25) is 0 Å². The number of thiophene rings is 1. The zero-order valence-corrected chi connectivity index (χ0v) is 13.6. The molecule has 1 aromatic carbocycles. The van der Waals surface area contributed by atoms with Crippen molar-refractivity contribution in [1.29, 1.82) is 0 Å². The average Bonchev–Trinajstić information content (AvgIpc) is 3.08. The maximum atomic E-state index is 11.7. The Hall–Kier alpha value is -2.05. The zero-order valence-electron chi connectivity index (χ0n) is 12.8. The number of hydrogen-bond donors (Lipinski definition) is 2. The van der Waals surface area contributed by atoms with Gasteiger partial charge in [0.05, 0.1) is 32.2 Å². The van der Waals surface area contributed by atoms with E-state index < -0.39 is 0 Å². The molecular formula is C16H21N2O3S+. The van der Waals surface area contributed by atoms with Crippen LogP contribution in [0.5, 0.6) is 11.5 Å². The number of carbonyl (C=O) groups is 1. The molecule has 1 heterocycles. The van der Waals surface area contributed by atoms with Crippen molar-refractivity contribution in [3.63, 3.8) is 0 Å². The summed E-state index contributed by atoms with van der Waals surface area (Å²) in [7, 11) is 3.26. The monoisotopic (exact) mass is 321 g/mol. The van der Waals surface area contributed by atoms with E-state index in [9.17, 15) is 4.79 Å². The number of rotatable bonds is 8. The van der Waals surface area contributed by atoms with Crippen LogP contribution in [0.25, 0.3) is 0 Å². The van der Waals surface area contributed by atoms with E-state index in [1.807, 2.05) is 35.7 Å². The Kier molecular flexibility index (Phi) is 6.24. The zero-order chi connectivity index (χ0) is 15.8. The predicted octanol–water partition coefficient (Wildman–Crippen LogP) is 1.26. The van der Waals surface area contributed by atoms with E-state index in [0.29, 0.717) is 6.54 Å². The molecule has 0 aliphatic rings. The number of amides is 1. The average molecular weight is 321 g/mol. The summed E-state index contributed by atoms with van der Waals surface area (Å²) < 4.78 is 10.5. The lowest BCUT2D eigenvalue weighted by atomic mass is 10.2. The third-order valence-corrected chi connectivity index (χ3v) is 4.08. The number of carbonyl (C=O) groups excluding carboxylic acids is 1. The van der Waals surface area contributed by atoms with E-state index in [2.05, 4.69) is 10.6 Å². The van der Waals surface area contributed by atoms with Gasteiger partial charge < -0.3 is 20.1 Å². The quantitative estimate of drug-likeness (QED) is 0.720. The molecule has 0 unspecified atom stereocenters. The van der Waals surface area contributed by atoms with Crippen LogP contribution < -0.4 is 20.1 Å². The Morgan fingerprint density at radius 2 is 2.05 bits per heavy atom. The van der Waals surface area contributed by atoms with Crippen LogP contribution in [0.3, 0.4) is 0 Å². The normalized spacial score (nSPS) is 10.3. The van der Waals surface area contributed by atoms with Crippen LogP contribution in [-0.4, -0.2) is 33.2 Å². The van der Waals surface area contributed by atoms with Crippen molar-refractivity contribution in [2.75, 3.05) is 27.3 Å². The van der Waals surface area contributed by atoms with Crippen LogP contribution in [0.4, 0.5) is 0 Å². The number of hydrogen-bond acceptors (Lipinski definition) is 4. The molecule has 0 aliphatic carbocycles. The van der Waals surface area contributed by atoms with Gasteiger partial charge in [0.15, 0.2) is 11.5 Å². The molecule has 1 amide bonds. The van der Waals surface area contributed by atoms with Crippen molar-refractivity contribution in [3.05, 3.63) is 46.2 Å². The lowest BCUT2D eigenvalue weighted by Crippen LogP contribution is -2.84. The summed E-state index contributed by atoms with van der Waals surface area (Å²) in [6.07, 6.45) is 0. The first-order chi connectivity index (χ1) is 10.7. The Balaban J connectivity index is 1.71. The summed E-state index contributed by atoms with van der Waals surface area (Å²) >= 11 is 1.45. The third-order valence-electron chi connectivity index (χ3n) is 3.21. The highest BCUT2D eigenvalue weighted by atomic mass is 32.1. The molecule has 0 spiro atoms. The highest BCUT2D eigenvalue weighted by molar-refractivity contribution is 7.12. The van der Waals surface area contributed by atoms with Gasteiger partial charge in [0, 0.05) is 5.56 Å². The predicted molar refractivity (Wildman–Crippen MR) is 86.7 cm³/mol. The van der Waals surface area contributed by atoms with Gasteiger partial charge in [-0.25, -0.2) is 0 Å². The van der Waals surface area contributed by atoms with Crippen molar-refractivity contribution in [1.82, 2.24) is 5.32 Å². The molecule has 22 heavy (non-hydrogen) atoms. The van der Waals surface area contributed by atoms with Gasteiger partial charge >= 0.3 is 0 Å². The standard InChI is InChI=1S/C16H20N2O3S/c1-20-13-6-5-12(10-14(13)21-2)11-17-7-8-18-16(19)15-4-3-9-22-15/h3-6,9-10,17H,7-8,11H2,1-2H3,(H,18,19)/p+1. The first-order valence-electron chi connectivity index (χ1n) is 7.09. The highest BCUT2D eigenvalue weighted by Crippen LogP contribution is 2.27. The maximum Gasteiger partial charge on any atom is 0.261 e. The molecule has 3 N–H and O–H groups in total. The molecule has 0 saturated carbocycles. The van der Waals surface area contributed by atoms with Gasteiger partial charge in [-0.2, -0.15) is 0 Å². The smallest absolute Gasteiger partial charge is 0.261 e. The van der Waals surface area contributed by atoms with Gasteiger partial charge in [-0.3, -0.25) is 4.79 Å². The topological polar surface area (TPSA) is 64.2 Å². The summed E-state index contributed by atoms with van der Waals surface area (Å²) in [4.78, 5) is 12.5. The lowest BCUT2D eigenvalue weighted by molar-refractivity contribution is -0.668. The van der Waals surface area contributed by atoms with E-state index in [1.54, 1.807) is 14.2 Å². The molecular weight excluding hydrogens is 300 g/mol. The molecule has 0 aliphatic heterocycles. The van der Waals surface area contributed by atoms with E-state index in [4.69, 9.17) is 9.47 Å². The van der Waals surface area contributed by atoms with Crippen molar-refractivity contribution in [3.8, 4) is 11.5 Å². The largest absolute Gasteiger partial charge is 0.493 e. The van der Waals surface area contributed by atoms with Gasteiger partial charge in [0.25, 0.3) is 5.91 Å². The Morgan fingerprint density at radius 3 is 2.73 bits per heavy atom. The molecule has 0 atom stereocenters. The minimum absolute atomic E-state index is 0.00508. The third kappa shape index (κ3) is 4.47. The molecule has 0 fully saturated rings. The van der Waals surface area contributed by atoms with Crippen molar-refractivity contribution < 1.29 is 19.6 Å². The molecule has 2 aromatic rings. The Labute approximate surface area is 134 Å². The maximum absolute atomic E-state index is 11.7. The summed E-state index contributed by atoms with van der Waals surface area (Å²) in [5.74, 6) is 1.46. The first kappa shape index (κ1) is 16.3. The van der Waals surface area contributed by atoms with Crippen molar-refractivity contribution in [2.45, 2.75) is 6.54 Å². The summed E-state index contributed by atoms with van der Waals surface area (Å²) in [5, 5.41) is 6.96. The van der Waals surface area contributed by atoms with E-state index in [0.717, 1.165) is 35.0 Å². The molecule has 5 nitrogen and oxygen atoms in total. The van der Waals surface area contributed by atoms with Crippen molar-refractivity contribution in [2.24, 2.45) is 0 Å². The van der Waals surface area contributed by atoms with E-state index >= 15 is 0 Å². The Bertz CT molecular complexity index is 599.